The van der Waals surface area contributed by atoms with Crippen molar-refractivity contribution in [2.75, 3.05) is 26.4 Å². The summed E-state index contributed by atoms with van der Waals surface area (Å²) in [4.78, 5) is 15.1. The summed E-state index contributed by atoms with van der Waals surface area (Å²) < 4.78 is 119. The molecule has 0 unspecified atom stereocenters. The van der Waals surface area contributed by atoms with Gasteiger partial charge in [-0.2, -0.15) is 31.4 Å². The minimum absolute atomic E-state index is 0.113. The molecule has 14 nitrogen and oxygen atoms in total. The monoisotopic (exact) mass is 884 g/mol. The van der Waals surface area contributed by atoms with Crippen LogP contribution in [0.2, 0.25) is 10.0 Å². The second kappa shape index (κ2) is 17.2. The second-order valence-corrected chi connectivity index (χ2v) is 13.7. The Morgan fingerprint density at radius 1 is 0.678 bits per heavy atom. The molecule has 6 heterocycles. The first-order valence-corrected chi connectivity index (χ1v) is 18.3. The molecule has 2 fully saturated rings. The van der Waals surface area contributed by atoms with Crippen molar-refractivity contribution in [3.05, 3.63) is 129 Å². The van der Waals surface area contributed by atoms with E-state index in [0.29, 0.717) is 21.5 Å². The minimum Gasteiger partial charge on any atom is -0.439 e. The molecule has 0 aliphatic carbocycles. The summed E-state index contributed by atoms with van der Waals surface area (Å²) in [5.74, 6) is -3.30. The first kappa shape index (κ1) is 42.0. The quantitative estimate of drug-likeness (QED) is 0.104. The average Bonchev–Trinajstić information content (AvgIpc) is 4.05. The molecule has 0 bridgehead atoms. The standard InChI is InChI=1S/C18H14ClF3N4O3S.C18H14ClF3N4O3/c19-11-1-3-12(4-2-11)29-14-6-5-13(15(25-14)18(20,21)22)17(27-7-8-28-17)9-26-16(30)23-10-24-26;19-12-1-3-13(4-2-12)29-15-6-5-14(16(25-15)18(20,21)22)17(27-7-8-28-17)9-26-11-23-10-24-26/h1-6,10H,7-9H2,(H,23,24,30);1-6,10-11H,7-9H2. The third-order valence-corrected chi connectivity index (χ3v) is 9.33. The summed E-state index contributed by atoms with van der Waals surface area (Å²) in [5, 5.41) is 7.61. The van der Waals surface area contributed by atoms with Crippen molar-refractivity contribution >= 4 is 35.4 Å². The molecule has 2 aliphatic rings. The van der Waals surface area contributed by atoms with Crippen molar-refractivity contribution < 1.29 is 54.8 Å². The van der Waals surface area contributed by atoms with E-state index in [1.807, 2.05) is 0 Å². The van der Waals surface area contributed by atoms with E-state index < -0.39 is 35.3 Å². The van der Waals surface area contributed by atoms with Crippen LogP contribution in [0.4, 0.5) is 26.3 Å². The highest BCUT2D eigenvalue weighted by Gasteiger charge is 2.49. The molecule has 2 aliphatic heterocycles. The van der Waals surface area contributed by atoms with Gasteiger partial charge < -0.3 is 28.4 Å². The fraction of sp³-hybridized carbons (Fsp3) is 0.278. The van der Waals surface area contributed by atoms with Crippen LogP contribution in [0, 0.1) is 4.77 Å². The number of halogens is 8. The lowest BCUT2D eigenvalue weighted by molar-refractivity contribution is -0.189. The number of benzene rings is 2. The number of pyridine rings is 2. The van der Waals surface area contributed by atoms with E-state index in [2.05, 4.69) is 30.1 Å². The van der Waals surface area contributed by atoms with E-state index >= 15 is 0 Å². The summed E-state index contributed by atoms with van der Waals surface area (Å²) in [5.41, 5.74) is -2.89. The molecule has 8 rings (SSSR count). The van der Waals surface area contributed by atoms with E-state index in [0.717, 1.165) is 0 Å². The van der Waals surface area contributed by atoms with Crippen LogP contribution in [0.15, 0.2) is 91.8 Å². The van der Waals surface area contributed by atoms with Crippen molar-refractivity contribution in [1.29, 1.82) is 0 Å². The number of nitrogens with one attached hydrogen (secondary N) is 1. The zero-order valence-corrected chi connectivity index (χ0v) is 32.2. The number of hydrogen-bond donors (Lipinski definition) is 1. The molecule has 0 amide bonds. The van der Waals surface area contributed by atoms with Gasteiger partial charge in [-0.3, -0.25) is 9.78 Å². The van der Waals surface area contributed by atoms with Crippen LogP contribution < -0.4 is 9.47 Å². The highest BCUT2D eigenvalue weighted by Crippen LogP contribution is 2.44. The predicted molar refractivity (Wildman–Crippen MR) is 196 cm³/mol. The average molecular weight is 886 g/mol. The fourth-order valence-corrected chi connectivity index (χ4v) is 6.41. The molecule has 0 atom stereocenters. The first-order valence-electron chi connectivity index (χ1n) is 17.2. The Hall–Kier alpha value is -5.16. The molecule has 4 aromatic heterocycles. The van der Waals surface area contributed by atoms with E-state index in [9.17, 15) is 26.3 Å². The Labute approximate surface area is 344 Å². The van der Waals surface area contributed by atoms with Crippen molar-refractivity contribution in [1.82, 2.24) is 39.5 Å². The number of aromatic nitrogens is 8. The lowest BCUT2D eigenvalue weighted by Gasteiger charge is -2.30. The summed E-state index contributed by atoms with van der Waals surface area (Å²) in [7, 11) is 0. The van der Waals surface area contributed by atoms with Crippen LogP contribution in [-0.4, -0.2) is 65.9 Å². The smallest absolute Gasteiger partial charge is 0.433 e. The molecule has 1 N–H and O–H groups in total. The summed E-state index contributed by atoms with van der Waals surface area (Å²) in [6.45, 7) is 0.219. The maximum atomic E-state index is 13.9. The molecule has 0 spiro atoms. The Morgan fingerprint density at radius 2 is 1.14 bits per heavy atom. The van der Waals surface area contributed by atoms with Crippen LogP contribution in [0.3, 0.4) is 0 Å². The molecule has 0 radical (unpaired) electrons. The zero-order valence-electron chi connectivity index (χ0n) is 29.9. The lowest BCUT2D eigenvalue weighted by atomic mass is 10.0. The van der Waals surface area contributed by atoms with Crippen molar-refractivity contribution in [3.63, 3.8) is 0 Å². The van der Waals surface area contributed by atoms with E-state index in [-0.39, 0.29) is 67.2 Å². The molecule has 59 heavy (non-hydrogen) atoms. The molecular formula is C36H28Cl2F6N8O6S. The molecular weight excluding hydrogens is 857 g/mol. The van der Waals surface area contributed by atoms with E-state index in [1.165, 1.54) is 76.9 Å². The van der Waals surface area contributed by atoms with Gasteiger partial charge in [0, 0.05) is 33.3 Å². The van der Waals surface area contributed by atoms with Crippen LogP contribution >= 0.6 is 35.4 Å². The van der Waals surface area contributed by atoms with Crippen LogP contribution in [0.5, 0.6) is 23.3 Å². The van der Waals surface area contributed by atoms with Crippen LogP contribution in [0.25, 0.3) is 0 Å². The second-order valence-electron chi connectivity index (χ2n) is 12.4. The van der Waals surface area contributed by atoms with E-state index in [4.69, 9.17) is 63.8 Å². The molecule has 310 valence electrons. The molecule has 23 heteroatoms. The number of ether oxygens (including phenoxy) is 6. The largest absolute Gasteiger partial charge is 0.439 e. The van der Waals surface area contributed by atoms with Gasteiger partial charge in [-0.15, -0.1) is 0 Å². The van der Waals surface area contributed by atoms with Gasteiger partial charge in [0.15, 0.2) is 11.4 Å². The van der Waals surface area contributed by atoms with Crippen LogP contribution in [-0.2, 0) is 56.0 Å². The molecule has 6 aromatic rings. The number of aromatic amines is 1. The zero-order chi connectivity index (χ0) is 41.8. The SMILES string of the molecule is FC(F)(F)c1nc(Oc2ccc(Cl)cc2)ccc1C1(Cn2[nH]cnc2=S)OCCO1.FC(F)(F)c1nc(Oc2ccc(Cl)cc2)ccc1C1(Cn2cncn2)OCCO1. The van der Waals surface area contributed by atoms with Crippen molar-refractivity contribution in [2.24, 2.45) is 0 Å². The van der Waals surface area contributed by atoms with Crippen molar-refractivity contribution in [2.45, 2.75) is 37.0 Å². The van der Waals surface area contributed by atoms with Gasteiger partial charge in [0.25, 0.3) is 0 Å². The molecule has 0 saturated carbocycles. The molecule has 2 saturated heterocycles. The summed E-state index contributed by atoms with van der Waals surface area (Å²) >= 11 is 16.7. The Balaban J connectivity index is 0.000000179. The van der Waals surface area contributed by atoms with Gasteiger partial charge in [0.1, 0.15) is 43.6 Å². The number of alkyl halides is 6. The highest BCUT2D eigenvalue weighted by atomic mass is 35.5. The lowest BCUT2D eigenvalue weighted by Crippen LogP contribution is -2.36. The fourth-order valence-electron chi connectivity index (χ4n) is 5.99. The van der Waals surface area contributed by atoms with Gasteiger partial charge >= 0.3 is 12.4 Å². The molecule has 2 aromatic carbocycles. The summed E-state index contributed by atoms with van der Waals surface area (Å²) in [6.07, 6.45) is -5.58. The third kappa shape index (κ3) is 9.84. The predicted octanol–water partition coefficient (Wildman–Crippen LogP) is 8.74. The Bertz CT molecular complexity index is 2410. The van der Waals surface area contributed by atoms with Gasteiger partial charge in [-0.1, -0.05) is 23.2 Å². The summed E-state index contributed by atoms with van der Waals surface area (Å²) in [6, 6.07) is 17.4. The van der Waals surface area contributed by atoms with E-state index in [1.54, 1.807) is 24.3 Å². The van der Waals surface area contributed by atoms with Gasteiger partial charge in [-0.05, 0) is 72.9 Å². The minimum atomic E-state index is -4.79. The van der Waals surface area contributed by atoms with Gasteiger partial charge in [0.05, 0.1) is 26.4 Å². The van der Waals surface area contributed by atoms with Crippen molar-refractivity contribution in [3.8, 4) is 23.3 Å². The maximum Gasteiger partial charge on any atom is 0.433 e. The number of rotatable bonds is 10. The topological polar surface area (TPSA) is 145 Å². The Kier molecular flexibility index (Phi) is 12.2. The normalized spacial score (nSPS) is 16.1. The highest BCUT2D eigenvalue weighted by molar-refractivity contribution is 7.71. The van der Waals surface area contributed by atoms with Gasteiger partial charge in [0.2, 0.25) is 28.1 Å². The van der Waals surface area contributed by atoms with Crippen LogP contribution in [0.1, 0.15) is 22.5 Å². The Morgan fingerprint density at radius 3 is 1.53 bits per heavy atom. The first-order chi connectivity index (χ1) is 28.1. The number of nitrogens with zero attached hydrogens (tertiary/aromatic N) is 7. The third-order valence-electron chi connectivity index (χ3n) is 8.50. The van der Waals surface area contributed by atoms with Gasteiger partial charge in [-0.25, -0.2) is 24.6 Å². The number of hydrogen-bond acceptors (Lipinski definition) is 12. The maximum absolute atomic E-state index is 13.9. The number of H-pyrrole nitrogens is 1.